The van der Waals surface area contributed by atoms with E-state index in [-0.39, 0.29) is 5.91 Å². The zero-order valence-corrected chi connectivity index (χ0v) is 10.8. The second-order valence-electron chi connectivity index (χ2n) is 3.76. The quantitative estimate of drug-likeness (QED) is 0.816. The summed E-state index contributed by atoms with van der Waals surface area (Å²) in [4.78, 5) is 13.8. The SMILES string of the molecule is CSCCN(C)C(=O)c1cccc(C)c1N. The van der Waals surface area contributed by atoms with E-state index in [9.17, 15) is 4.79 Å². The molecule has 0 aliphatic rings. The van der Waals surface area contributed by atoms with Crippen molar-refractivity contribution in [3.05, 3.63) is 29.3 Å². The average Bonchev–Trinajstić information content (AvgIpc) is 2.28. The molecule has 1 amide bonds. The fourth-order valence-corrected chi connectivity index (χ4v) is 1.86. The molecular weight excluding hydrogens is 220 g/mol. The van der Waals surface area contributed by atoms with Crippen LogP contribution in [0.25, 0.3) is 0 Å². The van der Waals surface area contributed by atoms with Gasteiger partial charge in [0.15, 0.2) is 0 Å². The van der Waals surface area contributed by atoms with Crippen molar-refractivity contribution in [2.45, 2.75) is 6.92 Å². The minimum atomic E-state index is -0.00440. The predicted octanol–water partition coefficient (Wildman–Crippen LogP) is 2.01. The number of nitrogens with two attached hydrogens (primary N) is 1. The van der Waals surface area contributed by atoms with Crippen LogP contribution in [0.1, 0.15) is 15.9 Å². The van der Waals surface area contributed by atoms with Crippen molar-refractivity contribution in [3.8, 4) is 0 Å². The van der Waals surface area contributed by atoms with Crippen molar-refractivity contribution in [3.63, 3.8) is 0 Å². The van der Waals surface area contributed by atoms with E-state index in [1.165, 1.54) is 0 Å². The number of amides is 1. The average molecular weight is 238 g/mol. The molecule has 0 saturated heterocycles. The van der Waals surface area contributed by atoms with E-state index < -0.39 is 0 Å². The largest absolute Gasteiger partial charge is 0.398 e. The van der Waals surface area contributed by atoms with Gasteiger partial charge in [0.05, 0.1) is 5.56 Å². The molecule has 88 valence electrons. The first-order chi connectivity index (χ1) is 7.57. The molecule has 4 heteroatoms. The number of para-hydroxylation sites is 1. The normalized spacial score (nSPS) is 10.2. The van der Waals surface area contributed by atoms with E-state index in [2.05, 4.69) is 0 Å². The molecule has 2 N–H and O–H groups in total. The maximum atomic E-state index is 12.1. The van der Waals surface area contributed by atoms with E-state index in [0.29, 0.717) is 11.3 Å². The number of carbonyl (C=O) groups is 1. The van der Waals surface area contributed by atoms with Crippen LogP contribution in [0.2, 0.25) is 0 Å². The Balaban J connectivity index is 2.84. The van der Waals surface area contributed by atoms with E-state index >= 15 is 0 Å². The van der Waals surface area contributed by atoms with Gasteiger partial charge in [-0.2, -0.15) is 11.8 Å². The first kappa shape index (κ1) is 12.9. The molecule has 0 aliphatic heterocycles. The van der Waals surface area contributed by atoms with Crippen molar-refractivity contribution in [1.29, 1.82) is 0 Å². The summed E-state index contributed by atoms with van der Waals surface area (Å²) in [7, 11) is 1.81. The number of rotatable bonds is 4. The summed E-state index contributed by atoms with van der Waals surface area (Å²) < 4.78 is 0. The highest BCUT2D eigenvalue weighted by atomic mass is 32.2. The number of anilines is 1. The molecule has 0 bridgehead atoms. The van der Waals surface area contributed by atoms with Crippen LogP contribution in [0.5, 0.6) is 0 Å². The molecular formula is C12H18N2OS. The van der Waals surface area contributed by atoms with E-state index in [4.69, 9.17) is 5.73 Å². The number of nitrogens with zero attached hydrogens (tertiary/aromatic N) is 1. The van der Waals surface area contributed by atoms with Crippen LogP contribution in [0, 0.1) is 6.92 Å². The zero-order chi connectivity index (χ0) is 12.1. The Morgan fingerprint density at radius 2 is 2.19 bits per heavy atom. The van der Waals surface area contributed by atoms with Gasteiger partial charge >= 0.3 is 0 Å². The molecule has 0 fully saturated rings. The Bertz CT molecular complexity index is 379. The van der Waals surface area contributed by atoms with Gasteiger partial charge in [0.1, 0.15) is 0 Å². The maximum Gasteiger partial charge on any atom is 0.255 e. The molecule has 0 unspecified atom stereocenters. The molecule has 0 heterocycles. The molecule has 16 heavy (non-hydrogen) atoms. The summed E-state index contributed by atoms with van der Waals surface area (Å²) in [5.74, 6) is 0.934. The lowest BCUT2D eigenvalue weighted by molar-refractivity contribution is 0.0804. The van der Waals surface area contributed by atoms with Gasteiger partial charge in [-0.25, -0.2) is 0 Å². The van der Waals surface area contributed by atoms with Crippen LogP contribution >= 0.6 is 11.8 Å². The van der Waals surface area contributed by atoms with Crippen molar-refractivity contribution >= 4 is 23.4 Å². The third-order valence-corrected chi connectivity index (χ3v) is 3.12. The molecule has 0 aromatic heterocycles. The van der Waals surface area contributed by atoms with Gasteiger partial charge in [0.25, 0.3) is 5.91 Å². The molecule has 0 radical (unpaired) electrons. The van der Waals surface area contributed by atoms with Crippen molar-refractivity contribution in [1.82, 2.24) is 4.90 Å². The molecule has 0 aliphatic carbocycles. The Hall–Kier alpha value is -1.16. The number of nitrogen functional groups attached to an aromatic ring is 1. The van der Waals surface area contributed by atoms with Gasteiger partial charge in [-0.05, 0) is 24.8 Å². The zero-order valence-electron chi connectivity index (χ0n) is 9.99. The van der Waals surface area contributed by atoms with Gasteiger partial charge in [0, 0.05) is 25.0 Å². The molecule has 0 saturated carbocycles. The monoisotopic (exact) mass is 238 g/mol. The number of aryl methyl sites for hydroxylation is 1. The Morgan fingerprint density at radius 1 is 1.50 bits per heavy atom. The molecule has 1 aromatic carbocycles. The standard InChI is InChI=1S/C12H18N2OS/c1-9-5-4-6-10(11(9)13)12(15)14(2)7-8-16-3/h4-6H,7-8,13H2,1-3H3. The fourth-order valence-electron chi connectivity index (χ4n) is 1.40. The lowest BCUT2D eigenvalue weighted by Crippen LogP contribution is -2.29. The summed E-state index contributed by atoms with van der Waals surface area (Å²) in [5, 5.41) is 0. The molecule has 0 spiro atoms. The van der Waals surface area contributed by atoms with Crippen molar-refractivity contribution in [2.24, 2.45) is 0 Å². The molecule has 3 nitrogen and oxygen atoms in total. The molecule has 1 rings (SSSR count). The van der Waals surface area contributed by atoms with Crippen LogP contribution in [0.3, 0.4) is 0 Å². The first-order valence-electron chi connectivity index (χ1n) is 5.17. The smallest absolute Gasteiger partial charge is 0.255 e. The second kappa shape index (κ2) is 5.80. The summed E-state index contributed by atoms with van der Waals surface area (Å²) in [6.45, 7) is 2.65. The van der Waals surface area contributed by atoms with Gasteiger partial charge in [-0.1, -0.05) is 12.1 Å². The highest BCUT2D eigenvalue weighted by molar-refractivity contribution is 7.98. The minimum Gasteiger partial charge on any atom is -0.398 e. The van der Waals surface area contributed by atoms with Gasteiger partial charge in [0.2, 0.25) is 0 Å². The number of hydrogen-bond donors (Lipinski definition) is 1. The second-order valence-corrected chi connectivity index (χ2v) is 4.74. The summed E-state index contributed by atoms with van der Waals surface area (Å²) in [5.41, 5.74) is 8.03. The van der Waals surface area contributed by atoms with Crippen molar-refractivity contribution in [2.75, 3.05) is 31.3 Å². The molecule has 1 aromatic rings. The number of carbonyl (C=O) groups excluding carboxylic acids is 1. The molecule has 0 atom stereocenters. The lowest BCUT2D eigenvalue weighted by atomic mass is 10.1. The van der Waals surface area contributed by atoms with Crippen LogP contribution in [0.15, 0.2) is 18.2 Å². The lowest BCUT2D eigenvalue weighted by Gasteiger charge is -2.18. The highest BCUT2D eigenvalue weighted by Crippen LogP contribution is 2.17. The summed E-state index contributed by atoms with van der Waals surface area (Å²) in [6.07, 6.45) is 2.03. The fraction of sp³-hybridized carbons (Fsp3) is 0.417. The highest BCUT2D eigenvalue weighted by Gasteiger charge is 2.14. The van der Waals surface area contributed by atoms with Crippen LogP contribution < -0.4 is 5.73 Å². The van der Waals surface area contributed by atoms with Crippen LogP contribution in [-0.4, -0.2) is 36.4 Å². The summed E-state index contributed by atoms with van der Waals surface area (Å²) in [6, 6.07) is 5.55. The van der Waals surface area contributed by atoms with Gasteiger partial charge < -0.3 is 10.6 Å². The van der Waals surface area contributed by atoms with Crippen LogP contribution in [0.4, 0.5) is 5.69 Å². The Morgan fingerprint density at radius 3 is 2.81 bits per heavy atom. The third kappa shape index (κ3) is 2.92. The number of hydrogen-bond acceptors (Lipinski definition) is 3. The van der Waals surface area contributed by atoms with E-state index in [0.717, 1.165) is 17.9 Å². The number of benzene rings is 1. The minimum absolute atomic E-state index is 0.00440. The third-order valence-electron chi connectivity index (χ3n) is 2.53. The first-order valence-corrected chi connectivity index (χ1v) is 6.56. The van der Waals surface area contributed by atoms with Crippen molar-refractivity contribution < 1.29 is 4.79 Å². The Labute approximate surface area is 101 Å². The summed E-state index contributed by atoms with van der Waals surface area (Å²) >= 11 is 1.72. The topological polar surface area (TPSA) is 46.3 Å². The number of thioether (sulfide) groups is 1. The van der Waals surface area contributed by atoms with E-state index in [1.807, 2.05) is 25.3 Å². The van der Waals surface area contributed by atoms with Gasteiger partial charge in [-0.15, -0.1) is 0 Å². The maximum absolute atomic E-state index is 12.1. The predicted molar refractivity (Wildman–Crippen MR) is 70.9 cm³/mol. The van der Waals surface area contributed by atoms with Crippen LogP contribution in [-0.2, 0) is 0 Å². The Kier molecular flexibility index (Phi) is 4.68. The van der Waals surface area contributed by atoms with E-state index in [1.54, 1.807) is 29.8 Å². The van der Waals surface area contributed by atoms with Gasteiger partial charge in [-0.3, -0.25) is 4.79 Å².